The standard InChI is InChI=1S/C19H20BrFN2O4S/c1-27-17-8-6-14(22-19(24)13-5-7-15(20)16(21)11-13)12-18(17)28(25,26)23-9-3-2-4-10-23/h5-8,11-12H,2-4,9-10H2,1H3,(H,22,24). The van der Waals surface area contributed by atoms with E-state index < -0.39 is 21.7 Å². The molecule has 2 aromatic rings. The smallest absolute Gasteiger partial charge is 0.255 e. The summed E-state index contributed by atoms with van der Waals surface area (Å²) in [6, 6.07) is 8.42. The summed E-state index contributed by atoms with van der Waals surface area (Å²) < 4.78 is 46.7. The number of carbonyl (C=O) groups is 1. The van der Waals surface area contributed by atoms with E-state index in [0.717, 1.165) is 25.3 Å². The van der Waals surface area contributed by atoms with E-state index in [1.165, 1.54) is 35.7 Å². The van der Waals surface area contributed by atoms with Crippen LogP contribution in [0.5, 0.6) is 5.75 Å². The largest absolute Gasteiger partial charge is 0.495 e. The number of nitrogens with zero attached hydrogens (tertiary/aromatic N) is 1. The molecule has 0 bridgehead atoms. The van der Waals surface area contributed by atoms with Crippen LogP contribution in [0, 0.1) is 5.82 Å². The van der Waals surface area contributed by atoms with Gasteiger partial charge in [0.2, 0.25) is 10.0 Å². The Morgan fingerprint density at radius 2 is 1.86 bits per heavy atom. The minimum Gasteiger partial charge on any atom is -0.495 e. The Morgan fingerprint density at radius 1 is 1.14 bits per heavy atom. The number of halogens is 2. The summed E-state index contributed by atoms with van der Waals surface area (Å²) in [5, 5.41) is 2.61. The number of carbonyl (C=O) groups excluding carboxylic acids is 1. The Bertz CT molecular complexity index is 991. The number of methoxy groups -OCH3 is 1. The molecule has 0 radical (unpaired) electrons. The van der Waals surface area contributed by atoms with Gasteiger partial charge in [0.15, 0.2) is 0 Å². The van der Waals surface area contributed by atoms with Crippen LogP contribution in [0.2, 0.25) is 0 Å². The number of amides is 1. The van der Waals surface area contributed by atoms with Gasteiger partial charge in [0.05, 0.1) is 11.6 Å². The first-order valence-corrected chi connectivity index (χ1v) is 11.0. The highest BCUT2D eigenvalue weighted by molar-refractivity contribution is 9.10. The lowest BCUT2D eigenvalue weighted by molar-refractivity contribution is 0.102. The van der Waals surface area contributed by atoms with Crippen LogP contribution in [0.15, 0.2) is 45.8 Å². The van der Waals surface area contributed by atoms with E-state index in [2.05, 4.69) is 21.2 Å². The third-order valence-corrected chi connectivity index (χ3v) is 7.10. The molecule has 9 heteroatoms. The maximum Gasteiger partial charge on any atom is 0.255 e. The van der Waals surface area contributed by atoms with Crippen molar-refractivity contribution in [1.29, 1.82) is 0 Å². The van der Waals surface area contributed by atoms with Gasteiger partial charge in [-0.2, -0.15) is 4.31 Å². The number of hydrogen-bond acceptors (Lipinski definition) is 4. The molecule has 0 saturated carbocycles. The Balaban J connectivity index is 1.90. The molecule has 0 atom stereocenters. The summed E-state index contributed by atoms with van der Waals surface area (Å²) in [5.41, 5.74) is 0.404. The van der Waals surface area contributed by atoms with Gasteiger partial charge in [-0.05, 0) is 65.2 Å². The SMILES string of the molecule is COc1ccc(NC(=O)c2ccc(Br)c(F)c2)cc1S(=O)(=O)N1CCCCC1. The molecule has 1 saturated heterocycles. The first kappa shape index (κ1) is 20.8. The molecule has 1 aliphatic heterocycles. The number of hydrogen-bond donors (Lipinski definition) is 1. The molecule has 1 fully saturated rings. The quantitative estimate of drug-likeness (QED) is 0.715. The van der Waals surface area contributed by atoms with Crippen molar-refractivity contribution < 1.29 is 22.3 Å². The molecule has 2 aromatic carbocycles. The molecule has 0 aliphatic carbocycles. The molecule has 1 N–H and O–H groups in total. The summed E-state index contributed by atoms with van der Waals surface area (Å²) in [6.45, 7) is 0.917. The van der Waals surface area contributed by atoms with Crippen LogP contribution in [0.4, 0.5) is 10.1 Å². The van der Waals surface area contributed by atoms with Crippen molar-refractivity contribution in [2.75, 3.05) is 25.5 Å². The van der Waals surface area contributed by atoms with Crippen LogP contribution in [0.25, 0.3) is 0 Å². The molecule has 3 rings (SSSR count). The van der Waals surface area contributed by atoms with Crippen LogP contribution < -0.4 is 10.1 Å². The zero-order chi connectivity index (χ0) is 20.3. The number of rotatable bonds is 5. The van der Waals surface area contributed by atoms with Gasteiger partial charge in [0.1, 0.15) is 16.5 Å². The number of nitrogens with one attached hydrogen (secondary N) is 1. The van der Waals surface area contributed by atoms with E-state index >= 15 is 0 Å². The third kappa shape index (κ3) is 4.37. The topological polar surface area (TPSA) is 75.7 Å². The number of sulfonamides is 1. The molecule has 28 heavy (non-hydrogen) atoms. The summed E-state index contributed by atoms with van der Waals surface area (Å²) in [6.07, 6.45) is 2.63. The number of piperidine rings is 1. The zero-order valence-electron chi connectivity index (χ0n) is 15.2. The van der Waals surface area contributed by atoms with Gasteiger partial charge < -0.3 is 10.1 Å². The lowest BCUT2D eigenvalue weighted by atomic mass is 10.2. The number of ether oxygens (including phenoxy) is 1. The van der Waals surface area contributed by atoms with E-state index in [9.17, 15) is 17.6 Å². The molecule has 1 heterocycles. The Kier molecular flexibility index (Phi) is 6.36. The van der Waals surface area contributed by atoms with Gasteiger partial charge in [-0.25, -0.2) is 12.8 Å². The van der Waals surface area contributed by atoms with Gasteiger partial charge in [-0.15, -0.1) is 0 Å². The molecule has 0 unspecified atom stereocenters. The molecule has 150 valence electrons. The highest BCUT2D eigenvalue weighted by Crippen LogP contribution is 2.31. The first-order valence-electron chi connectivity index (χ1n) is 8.77. The summed E-state index contributed by atoms with van der Waals surface area (Å²) in [7, 11) is -2.35. The normalized spacial score (nSPS) is 15.2. The van der Waals surface area contributed by atoms with Gasteiger partial charge in [0, 0.05) is 24.3 Å². The molecule has 1 aliphatic rings. The molecule has 1 amide bonds. The van der Waals surface area contributed by atoms with Gasteiger partial charge in [0.25, 0.3) is 5.91 Å². The predicted octanol–water partition coefficient (Wildman–Crippen LogP) is 4.02. The predicted molar refractivity (Wildman–Crippen MR) is 108 cm³/mol. The van der Waals surface area contributed by atoms with Crippen molar-refractivity contribution in [3.8, 4) is 5.75 Å². The molecular weight excluding hydrogens is 451 g/mol. The highest BCUT2D eigenvalue weighted by atomic mass is 79.9. The fraction of sp³-hybridized carbons (Fsp3) is 0.316. The minimum atomic E-state index is -3.75. The number of benzene rings is 2. The summed E-state index contributed by atoms with van der Waals surface area (Å²) in [5.74, 6) is -0.896. The third-order valence-electron chi connectivity index (χ3n) is 4.54. The first-order chi connectivity index (χ1) is 13.3. The molecule has 0 spiro atoms. The van der Waals surface area contributed by atoms with Crippen molar-refractivity contribution in [2.24, 2.45) is 0 Å². The van der Waals surface area contributed by atoms with E-state index in [1.54, 1.807) is 6.07 Å². The van der Waals surface area contributed by atoms with E-state index in [4.69, 9.17) is 4.74 Å². The average Bonchev–Trinajstić information content (AvgIpc) is 2.70. The zero-order valence-corrected chi connectivity index (χ0v) is 17.6. The lowest BCUT2D eigenvalue weighted by Crippen LogP contribution is -2.35. The Hall–Kier alpha value is -1.97. The van der Waals surface area contributed by atoms with Crippen molar-refractivity contribution in [1.82, 2.24) is 4.31 Å². The van der Waals surface area contributed by atoms with Crippen LogP contribution in [-0.2, 0) is 10.0 Å². The monoisotopic (exact) mass is 470 g/mol. The van der Waals surface area contributed by atoms with E-state index in [-0.39, 0.29) is 26.4 Å². The summed E-state index contributed by atoms with van der Waals surface area (Å²) >= 11 is 3.04. The van der Waals surface area contributed by atoms with Crippen molar-refractivity contribution >= 4 is 37.5 Å². The van der Waals surface area contributed by atoms with E-state index in [0.29, 0.717) is 13.1 Å². The molecular formula is C19H20BrFN2O4S. The van der Waals surface area contributed by atoms with Crippen LogP contribution in [0.3, 0.4) is 0 Å². The van der Waals surface area contributed by atoms with Crippen LogP contribution >= 0.6 is 15.9 Å². The van der Waals surface area contributed by atoms with Crippen LogP contribution in [0.1, 0.15) is 29.6 Å². The second-order valence-corrected chi connectivity index (χ2v) is 9.17. The van der Waals surface area contributed by atoms with Gasteiger partial charge in [-0.3, -0.25) is 4.79 Å². The van der Waals surface area contributed by atoms with E-state index in [1.807, 2.05) is 0 Å². The Labute approximate surface area is 171 Å². The second kappa shape index (κ2) is 8.59. The fourth-order valence-corrected chi connectivity index (χ4v) is 4.99. The maximum atomic E-state index is 13.7. The minimum absolute atomic E-state index is 0.00307. The Morgan fingerprint density at radius 3 is 2.50 bits per heavy atom. The number of anilines is 1. The summed E-state index contributed by atoms with van der Waals surface area (Å²) in [4.78, 5) is 12.4. The van der Waals surface area contributed by atoms with Crippen LogP contribution in [-0.4, -0.2) is 38.8 Å². The maximum absolute atomic E-state index is 13.7. The average molecular weight is 471 g/mol. The van der Waals surface area contributed by atoms with Crippen molar-refractivity contribution in [3.05, 3.63) is 52.3 Å². The van der Waals surface area contributed by atoms with Crippen molar-refractivity contribution in [3.63, 3.8) is 0 Å². The second-order valence-electron chi connectivity index (χ2n) is 6.41. The van der Waals surface area contributed by atoms with Gasteiger partial charge >= 0.3 is 0 Å². The lowest BCUT2D eigenvalue weighted by Gasteiger charge is -2.26. The highest BCUT2D eigenvalue weighted by Gasteiger charge is 2.29. The molecule has 0 aromatic heterocycles. The fourth-order valence-electron chi connectivity index (χ4n) is 3.04. The van der Waals surface area contributed by atoms with Gasteiger partial charge in [-0.1, -0.05) is 6.42 Å². The molecule has 6 nitrogen and oxygen atoms in total. The van der Waals surface area contributed by atoms with Crippen molar-refractivity contribution in [2.45, 2.75) is 24.2 Å².